The highest BCUT2D eigenvalue weighted by Gasteiger charge is 2.07. The second kappa shape index (κ2) is 6.46. The number of carbonyl (C=O) groups is 1. The standard InChI is InChI=1S/C12H12INO/c1-2-3-6-9-14-12(15)10-7-4-5-8-11(10)13/h4-5,7-8H,6,9H2,1H3,(H,14,15). The summed E-state index contributed by atoms with van der Waals surface area (Å²) < 4.78 is 0.967. The summed E-state index contributed by atoms with van der Waals surface area (Å²) >= 11 is 2.16. The minimum Gasteiger partial charge on any atom is -0.351 e. The van der Waals surface area contributed by atoms with Crippen LogP contribution in [0.2, 0.25) is 0 Å². The highest BCUT2D eigenvalue weighted by atomic mass is 127. The van der Waals surface area contributed by atoms with E-state index in [1.54, 1.807) is 6.92 Å². The Morgan fingerprint density at radius 3 is 2.87 bits per heavy atom. The van der Waals surface area contributed by atoms with Gasteiger partial charge in [-0.2, -0.15) is 0 Å². The molecule has 0 aliphatic rings. The topological polar surface area (TPSA) is 29.1 Å². The molecule has 78 valence electrons. The van der Waals surface area contributed by atoms with E-state index in [1.807, 2.05) is 24.3 Å². The summed E-state index contributed by atoms with van der Waals surface area (Å²) in [6, 6.07) is 7.52. The van der Waals surface area contributed by atoms with Crippen molar-refractivity contribution in [3.63, 3.8) is 0 Å². The SMILES string of the molecule is CC#CCCNC(=O)c1ccccc1I. The zero-order valence-electron chi connectivity index (χ0n) is 8.51. The van der Waals surface area contributed by atoms with Crippen LogP contribution in [0.15, 0.2) is 24.3 Å². The third-order valence-corrected chi connectivity index (χ3v) is 2.77. The molecule has 0 aliphatic heterocycles. The normalized spacial score (nSPS) is 8.93. The van der Waals surface area contributed by atoms with Gasteiger partial charge in [0.2, 0.25) is 0 Å². The van der Waals surface area contributed by atoms with E-state index in [0.29, 0.717) is 13.0 Å². The lowest BCUT2D eigenvalue weighted by molar-refractivity contribution is 0.0953. The maximum atomic E-state index is 11.7. The van der Waals surface area contributed by atoms with E-state index in [0.717, 1.165) is 9.13 Å². The zero-order chi connectivity index (χ0) is 11.1. The van der Waals surface area contributed by atoms with E-state index in [9.17, 15) is 4.79 Å². The number of nitrogens with one attached hydrogen (secondary N) is 1. The number of hydrogen-bond donors (Lipinski definition) is 1. The molecule has 2 nitrogen and oxygen atoms in total. The first kappa shape index (κ1) is 12.1. The second-order valence-corrected chi connectivity index (χ2v) is 4.07. The van der Waals surface area contributed by atoms with Gasteiger partial charge >= 0.3 is 0 Å². The van der Waals surface area contributed by atoms with E-state index in [-0.39, 0.29) is 5.91 Å². The summed E-state index contributed by atoms with van der Waals surface area (Å²) in [7, 11) is 0. The van der Waals surface area contributed by atoms with Crippen molar-refractivity contribution in [2.75, 3.05) is 6.54 Å². The van der Waals surface area contributed by atoms with Crippen LogP contribution in [-0.2, 0) is 0 Å². The van der Waals surface area contributed by atoms with Crippen LogP contribution < -0.4 is 5.32 Å². The fourth-order valence-corrected chi connectivity index (χ4v) is 1.74. The first-order valence-electron chi connectivity index (χ1n) is 4.68. The molecule has 1 aromatic rings. The summed E-state index contributed by atoms with van der Waals surface area (Å²) in [5, 5.41) is 2.83. The van der Waals surface area contributed by atoms with Crippen LogP contribution in [0.4, 0.5) is 0 Å². The maximum absolute atomic E-state index is 11.7. The van der Waals surface area contributed by atoms with E-state index in [2.05, 4.69) is 39.7 Å². The minimum absolute atomic E-state index is 0.0297. The zero-order valence-corrected chi connectivity index (χ0v) is 10.7. The Balaban J connectivity index is 2.53. The first-order valence-corrected chi connectivity index (χ1v) is 5.76. The summed E-state index contributed by atoms with van der Waals surface area (Å²) in [5.41, 5.74) is 0.725. The molecule has 1 N–H and O–H groups in total. The third-order valence-electron chi connectivity index (χ3n) is 1.83. The predicted octanol–water partition coefficient (Wildman–Crippen LogP) is 2.43. The Bertz CT molecular complexity index is 404. The van der Waals surface area contributed by atoms with E-state index in [1.165, 1.54) is 0 Å². The van der Waals surface area contributed by atoms with Gasteiger partial charge in [-0.15, -0.1) is 11.8 Å². The molecule has 0 aromatic heterocycles. The van der Waals surface area contributed by atoms with Crippen LogP contribution in [0.3, 0.4) is 0 Å². The number of amides is 1. The van der Waals surface area contributed by atoms with Gasteiger partial charge in [0.05, 0.1) is 5.56 Å². The first-order chi connectivity index (χ1) is 7.25. The molecule has 0 radical (unpaired) electrons. The van der Waals surface area contributed by atoms with Crippen LogP contribution in [0.1, 0.15) is 23.7 Å². The molecule has 3 heteroatoms. The van der Waals surface area contributed by atoms with Gasteiger partial charge in [0.1, 0.15) is 0 Å². The Kier molecular flexibility index (Phi) is 5.19. The van der Waals surface area contributed by atoms with Crippen molar-refractivity contribution in [2.45, 2.75) is 13.3 Å². The highest BCUT2D eigenvalue weighted by Crippen LogP contribution is 2.10. The summed E-state index contributed by atoms with van der Waals surface area (Å²) in [6.07, 6.45) is 0.700. The molecule has 0 fully saturated rings. The molecule has 1 aromatic carbocycles. The molecule has 0 saturated carbocycles. The van der Waals surface area contributed by atoms with Crippen LogP contribution >= 0.6 is 22.6 Å². The lowest BCUT2D eigenvalue weighted by Crippen LogP contribution is -2.24. The summed E-state index contributed by atoms with van der Waals surface area (Å²) in [4.78, 5) is 11.7. The van der Waals surface area contributed by atoms with Gasteiger partial charge in [-0.1, -0.05) is 12.1 Å². The Labute approximate surface area is 104 Å². The van der Waals surface area contributed by atoms with Crippen molar-refractivity contribution in [3.05, 3.63) is 33.4 Å². The molecule has 0 saturated heterocycles. The van der Waals surface area contributed by atoms with Crippen LogP contribution in [0.25, 0.3) is 0 Å². The van der Waals surface area contributed by atoms with Crippen molar-refractivity contribution in [2.24, 2.45) is 0 Å². The van der Waals surface area contributed by atoms with Crippen LogP contribution in [0.5, 0.6) is 0 Å². The molecular weight excluding hydrogens is 301 g/mol. The van der Waals surface area contributed by atoms with Crippen molar-refractivity contribution in [1.29, 1.82) is 0 Å². The number of halogens is 1. The van der Waals surface area contributed by atoms with Crippen LogP contribution in [0, 0.1) is 15.4 Å². The smallest absolute Gasteiger partial charge is 0.252 e. The number of hydrogen-bond acceptors (Lipinski definition) is 1. The lowest BCUT2D eigenvalue weighted by Gasteiger charge is -2.04. The molecule has 1 amide bonds. The number of benzene rings is 1. The Morgan fingerprint density at radius 1 is 1.47 bits per heavy atom. The van der Waals surface area contributed by atoms with Gasteiger partial charge in [0.15, 0.2) is 0 Å². The van der Waals surface area contributed by atoms with E-state index in [4.69, 9.17) is 0 Å². The quantitative estimate of drug-likeness (QED) is 0.518. The average Bonchev–Trinajstić information content (AvgIpc) is 2.25. The summed E-state index contributed by atoms with van der Waals surface area (Å²) in [5.74, 6) is 5.66. The fourth-order valence-electron chi connectivity index (χ4n) is 1.10. The molecule has 0 bridgehead atoms. The van der Waals surface area contributed by atoms with E-state index < -0.39 is 0 Å². The molecule has 0 spiro atoms. The van der Waals surface area contributed by atoms with Gasteiger partial charge in [-0.25, -0.2) is 0 Å². The van der Waals surface area contributed by atoms with E-state index >= 15 is 0 Å². The number of rotatable bonds is 3. The van der Waals surface area contributed by atoms with Gasteiger partial charge < -0.3 is 5.32 Å². The molecule has 1 rings (SSSR count). The van der Waals surface area contributed by atoms with Gasteiger partial charge in [0.25, 0.3) is 5.91 Å². The second-order valence-electron chi connectivity index (χ2n) is 2.91. The predicted molar refractivity (Wildman–Crippen MR) is 69.6 cm³/mol. The number of carbonyl (C=O) groups excluding carboxylic acids is 1. The molecule has 0 unspecified atom stereocenters. The molecular formula is C12H12INO. The Morgan fingerprint density at radius 2 is 2.20 bits per heavy atom. The maximum Gasteiger partial charge on any atom is 0.252 e. The van der Waals surface area contributed by atoms with Crippen LogP contribution in [-0.4, -0.2) is 12.5 Å². The van der Waals surface area contributed by atoms with Gasteiger partial charge in [-0.05, 0) is 41.6 Å². The monoisotopic (exact) mass is 313 g/mol. The Hall–Kier alpha value is -1.02. The lowest BCUT2D eigenvalue weighted by atomic mass is 10.2. The summed E-state index contributed by atoms with van der Waals surface area (Å²) in [6.45, 7) is 2.40. The van der Waals surface area contributed by atoms with Crippen molar-refractivity contribution in [1.82, 2.24) is 5.32 Å². The van der Waals surface area contributed by atoms with Gasteiger partial charge in [-0.3, -0.25) is 4.79 Å². The van der Waals surface area contributed by atoms with Gasteiger partial charge in [0, 0.05) is 16.5 Å². The van der Waals surface area contributed by atoms with Crippen molar-refractivity contribution < 1.29 is 4.79 Å². The van der Waals surface area contributed by atoms with Crippen molar-refractivity contribution in [3.8, 4) is 11.8 Å². The van der Waals surface area contributed by atoms with Crippen molar-refractivity contribution >= 4 is 28.5 Å². The largest absolute Gasteiger partial charge is 0.351 e. The average molecular weight is 313 g/mol. The third kappa shape index (κ3) is 3.92. The minimum atomic E-state index is -0.0297. The molecule has 0 aliphatic carbocycles. The molecule has 0 atom stereocenters. The molecule has 15 heavy (non-hydrogen) atoms. The molecule has 0 heterocycles. The fraction of sp³-hybridized carbons (Fsp3) is 0.250. The highest BCUT2D eigenvalue weighted by molar-refractivity contribution is 14.1.